The highest BCUT2D eigenvalue weighted by molar-refractivity contribution is 7.91. The number of carbonyl (C=O) groups excluding carboxylic acids is 1. The molecule has 3 rings (SSSR count). The van der Waals surface area contributed by atoms with E-state index in [9.17, 15) is 13.2 Å². The Hall–Kier alpha value is -1.70. The Kier molecular flexibility index (Phi) is 4.28. The lowest BCUT2D eigenvalue weighted by Gasteiger charge is -2.12. The molecule has 1 unspecified atom stereocenters. The molecule has 1 aromatic rings. The van der Waals surface area contributed by atoms with Crippen LogP contribution in [0.25, 0.3) is 0 Å². The Morgan fingerprint density at radius 3 is 2.45 bits per heavy atom. The number of hydrogen-bond acceptors (Lipinski definition) is 6. The Morgan fingerprint density at radius 1 is 1.09 bits per heavy atom. The van der Waals surface area contributed by atoms with Gasteiger partial charge in [-0.25, -0.2) is 8.42 Å². The second-order valence-electron chi connectivity index (χ2n) is 6.00. The van der Waals surface area contributed by atoms with Gasteiger partial charge in [0, 0.05) is 12.1 Å². The van der Waals surface area contributed by atoms with Gasteiger partial charge >= 0.3 is 0 Å². The third-order valence-corrected chi connectivity index (χ3v) is 5.94. The molecule has 8 heteroatoms. The zero-order chi connectivity index (χ0) is 15.6. The average Bonchev–Trinajstić information content (AvgIpc) is 3.09. The van der Waals surface area contributed by atoms with Crippen LogP contribution in [0.5, 0.6) is 0 Å². The Labute approximate surface area is 129 Å². The van der Waals surface area contributed by atoms with E-state index in [1.54, 1.807) is 12.1 Å². The van der Waals surface area contributed by atoms with Crippen LogP contribution in [-0.4, -0.2) is 48.1 Å². The molecule has 1 aliphatic carbocycles. The van der Waals surface area contributed by atoms with Crippen LogP contribution in [0.1, 0.15) is 42.6 Å². The van der Waals surface area contributed by atoms with Crippen molar-refractivity contribution in [1.82, 2.24) is 15.5 Å². The molecule has 0 radical (unpaired) electrons. The Balaban J connectivity index is 1.56. The summed E-state index contributed by atoms with van der Waals surface area (Å²) in [6.07, 6.45) is 5.20. The molecule has 7 nitrogen and oxygen atoms in total. The average molecular weight is 324 g/mol. The number of anilines is 1. The molecule has 1 saturated heterocycles. The van der Waals surface area contributed by atoms with Crippen molar-refractivity contribution in [1.29, 1.82) is 0 Å². The maximum absolute atomic E-state index is 12.0. The summed E-state index contributed by atoms with van der Waals surface area (Å²) >= 11 is 0. The first-order valence-electron chi connectivity index (χ1n) is 7.63. The fourth-order valence-corrected chi connectivity index (χ4v) is 4.65. The van der Waals surface area contributed by atoms with Crippen molar-refractivity contribution in [2.45, 2.75) is 44.2 Å². The minimum Gasteiger partial charge on any atom is -0.366 e. The summed E-state index contributed by atoms with van der Waals surface area (Å²) in [5.74, 6) is 0.440. The van der Waals surface area contributed by atoms with Crippen LogP contribution in [0.15, 0.2) is 12.1 Å². The van der Waals surface area contributed by atoms with Gasteiger partial charge in [-0.3, -0.25) is 4.79 Å². The molecule has 0 aromatic carbocycles. The van der Waals surface area contributed by atoms with Gasteiger partial charge < -0.3 is 10.6 Å². The van der Waals surface area contributed by atoms with Crippen LogP contribution in [0.2, 0.25) is 0 Å². The van der Waals surface area contributed by atoms with Crippen molar-refractivity contribution in [2.75, 3.05) is 16.8 Å². The highest BCUT2D eigenvalue weighted by Gasteiger charge is 2.29. The molecule has 1 amide bonds. The topological polar surface area (TPSA) is 101 Å². The van der Waals surface area contributed by atoms with Gasteiger partial charge in [0.25, 0.3) is 5.91 Å². The van der Waals surface area contributed by atoms with E-state index in [1.165, 1.54) is 12.8 Å². The van der Waals surface area contributed by atoms with E-state index in [4.69, 9.17) is 0 Å². The van der Waals surface area contributed by atoms with Crippen LogP contribution in [-0.2, 0) is 9.84 Å². The molecule has 2 fully saturated rings. The SMILES string of the molecule is O=C(NC1CCS(=O)(=O)C1)c1ccc(NC2CCCC2)nn1. The van der Waals surface area contributed by atoms with Crippen molar-refractivity contribution in [3.8, 4) is 0 Å². The minimum atomic E-state index is -3.00. The summed E-state index contributed by atoms with van der Waals surface area (Å²) in [7, 11) is -3.00. The van der Waals surface area contributed by atoms with E-state index in [2.05, 4.69) is 20.8 Å². The molecule has 2 aliphatic rings. The van der Waals surface area contributed by atoms with Crippen LogP contribution in [0.3, 0.4) is 0 Å². The smallest absolute Gasteiger partial charge is 0.272 e. The normalized spacial score (nSPS) is 24.3. The van der Waals surface area contributed by atoms with Crippen LogP contribution in [0, 0.1) is 0 Å². The Morgan fingerprint density at radius 2 is 1.86 bits per heavy atom. The predicted octanol–water partition coefficient (Wildman–Crippen LogP) is 0.748. The largest absolute Gasteiger partial charge is 0.366 e. The molecule has 0 bridgehead atoms. The van der Waals surface area contributed by atoms with Crippen molar-refractivity contribution in [2.24, 2.45) is 0 Å². The van der Waals surface area contributed by atoms with Crippen molar-refractivity contribution in [3.05, 3.63) is 17.8 Å². The first-order valence-corrected chi connectivity index (χ1v) is 9.45. The lowest BCUT2D eigenvalue weighted by molar-refractivity contribution is 0.0935. The number of amides is 1. The zero-order valence-electron chi connectivity index (χ0n) is 12.3. The van der Waals surface area contributed by atoms with Gasteiger partial charge in [0.05, 0.1) is 11.5 Å². The summed E-state index contributed by atoms with van der Waals surface area (Å²) in [5, 5.41) is 14.0. The Bertz CT molecular complexity index is 639. The molecular weight excluding hydrogens is 304 g/mol. The van der Waals surface area contributed by atoms with Crippen LogP contribution >= 0.6 is 0 Å². The maximum atomic E-state index is 12.0. The fourth-order valence-electron chi connectivity index (χ4n) is 2.98. The van der Waals surface area contributed by atoms with Crippen LogP contribution < -0.4 is 10.6 Å². The molecular formula is C14H20N4O3S. The molecule has 1 saturated carbocycles. The van der Waals surface area contributed by atoms with Gasteiger partial charge in [0.1, 0.15) is 5.82 Å². The van der Waals surface area contributed by atoms with E-state index >= 15 is 0 Å². The van der Waals surface area contributed by atoms with E-state index in [-0.39, 0.29) is 29.1 Å². The summed E-state index contributed by atoms with van der Waals surface area (Å²) in [6, 6.07) is 3.47. The number of nitrogens with zero attached hydrogens (tertiary/aromatic N) is 2. The number of sulfone groups is 1. The first-order chi connectivity index (χ1) is 10.5. The van der Waals surface area contributed by atoms with Gasteiger partial charge in [0.15, 0.2) is 15.5 Å². The number of carbonyl (C=O) groups is 1. The summed E-state index contributed by atoms with van der Waals surface area (Å²) in [6.45, 7) is 0. The molecule has 1 atom stereocenters. The number of nitrogens with one attached hydrogen (secondary N) is 2. The van der Waals surface area contributed by atoms with Gasteiger partial charge in [-0.05, 0) is 31.4 Å². The van der Waals surface area contributed by atoms with Crippen LogP contribution in [0.4, 0.5) is 5.82 Å². The van der Waals surface area contributed by atoms with Gasteiger partial charge in [-0.1, -0.05) is 12.8 Å². The quantitative estimate of drug-likeness (QED) is 0.847. The highest BCUT2D eigenvalue weighted by atomic mass is 32.2. The van der Waals surface area contributed by atoms with Gasteiger partial charge in [-0.15, -0.1) is 10.2 Å². The summed E-state index contributed by atoms with van der Waals surface area (Å²) < 4.78 is 22.8. The fraction of sp³-hybridized carbons (Fsp3) is 0.643. The lowest BCUT2D eigenvalue weighted by atomic mass is 10.2. The van der Waals surface area contributed by atoms with E-state index in [0.29, 0.717) is 18.3 Å². The summed E-state index contributed by atoms with van der Waals surface area (Å²) in [5.41, 5.74) is 0.210. The molecule has 22 heavy (non-hydrogen) atoms. The highest BCUT2D eigenvalue weighted by Crippen LogP contribution is 2.21. The van der Waals surface area contributed by atoms with E-state index in [0.717, 1.165) is 12.8 Å². The third kappa shape index (κ3) is 3.73. The number of aromatic nitrogens is 2. The maximum Gasteiger partial charge on any atom is 0.272 e. The van der Waals surface area contributed by atoms with Gasteiger partial charge in [0.2, 0.25) is 0 Å². The zero-order valence-corrected chi connectivity index (χ0v) is 13.1. The number of rotatable bonds is 4. The number of hydrogen-bond donors (Lipinski definition) is 2. The first kappa shape index (κ1) is 15.2. The second-order valence-corrected chi connectivity index (χ2v) is 8.23. The molecule has 0 spiro atoms. The molecule has 2 N–H and O–H groups in total. The molecule has 2 heterocycles. The monoisotopic (exact) mass is 324 g/mol. The predicted molar refractivity (Wildman–Crippen MR) is 82.4 cm³/mol. The standard InChI is InChI=1S/C14H20N4O3S/c19-14(16-11-7-8-22(20,21)9-11)12-5-6-13(18-17-12)15-10-3-1-2-4-10/h5-6,10-11H,1-4,7-9H2,(H,15,18)(H,16,19). The third-order valence-electron chi connectivity index (χ3n) is 4.17. The van der Waals surface area contributed by atoms with Gasteiger partial charge in [-0.2, -0.15) is 0 Å². The van der Waals surface area contributed by atoms with E-state index < -0.39 is 9.84 Å². The molecule has 1 aliphatic heterocycles. The van der Waals surface area contributed by atoms with E-state index in [1.807, 2.05) is 0 Å². The second kappa shape index (κ2) is 6.20. The van der Waals surface area contributed by atoms with Crippen molar-refractivity contribution in [3.63, 3.8) is 0 Å². The molecule has 120 valence electrons. The summed E-state index contributed by atoms with van der Waals surface area (Å²) in [4.78, 5) is 12.0. The lowest BCUT2D eigenvalue weighted by Crippen LogP contribution is -2.36. The van der Waals surface area contributed by atoms with Crippen molar-refractivity contribution < 1.29 is 13.2 Å². The minimum absolute atomic E-state index is 0.00743. The van der Waals surface area contributed by atoms with Crippen molar-refractivity contribution >= 4 is 21.6 Å². The molecule has 1 aromatic heterocycles.